The van der Waals surface area contributed by atoms with E-state index in [0.717, 1.165) is 5.82 Å². The van der Waals surface area contributed by atoms with Crippen LogP contribution in [0.25, 0.3) is 0 Å². The zero-order valence-corrected chi connectivity index (χ0v) is 6.49. The summed E-state index contributed by atoms with van der Waals surface area (Å²) in [6, 6.07) is 3.93. The smallest absolute Gasteiger partial charge is 0.149 e. The molecule has 0 saturated heterocycles. The number of nitrogens with zero attached hydrogens (tertiary/aromatic N) is 2. The molecule has 1 rings (SSSR count). The average molecular weight is 149 g/mol. The van der Waals surface area contributed by atoms with Crippen LogP contribution in [0.1, 0.15) is 6.92 Å². The third kappa shape index (κ3) is 2.37. The minimum atomic E-state index is 0.228. The molecular weight excluding hydrogens is 138 g/mol. The Hall–Kier alpha value is -1.38. The van der Waals surface area contributed by atoms with Gasteiger partial charge in [-0.1, -0.05) is 6.08 Å². The molecule has 0 aliphatic heterocycles. The summed E-state index contributed by atoms with van der Waals surface area (Å²) < 4.78 is 0. The molecule has 1 unspecified atom stereocenters. The summed E-state index contributed by atoms with van der Waals surface area (Å²) in [5, 5.41) is 10.7. The molecule has 1 heterocycles. The Bertz CT molecular complexity index is 220. The van der Waals surface area contributed by atoms with Crippen molar-refractivity contribution in [2.24, 2.45) is 0 Å². The van der Waals surface area contributed by atoms with E-state index in [1.807, 2.05) is 25.1 Å². The molecule has 3 nitrogen and oxygen atoms in total. The van der Waals surface area contributed by atoms with Crippen LogP contribution in [0.3, 0.4) is 0 Å². The van der Waals surface area contributed by atoms with Crippen molar-refractivity contribution in [3.63, 3.8) is 0 Å². The van der Waals surface area contributed by atoms with Gasteiger partial charge >= 0.3 is 0 Å². The third-order valence-electron chi connectivity index (χ3n) is 1.30. The van der Waals surface area contributed by atoms with E-state index in [4.69, 9.17) is 0 Å². The van der Waals surface area contributed by atoms with E-state index < -0.39 is 0 Å². The minimum Gasteiger partial charge on any atom is -0.363 e. The van der Waals surface area contributed by atoms with E-state index in [2.05, 4.69) is 22.1 Å². The van der Waals surface area contributed by atoms with Gasteiger partial charge in [-0.2, -0.15) is 5.10 Å². The Kier molecular flexibility index (Phi) is 2.60. The van der Waals surface area contributed by atoms with Crippen molar-refractivity contribution in [3.8, 4) is 0 Å². The molecule has 0 aliphatic carbocycles. The van der Waals surface area contributed by atoms with Crippen LogP contribution in [0.5, 0.6) is 0 Å². The summed E-state index contributed by atoms with van der Waals surface area (Å²) >= 11 is 0. The van der Waals surface area contributed by atoms with E-state index in [9.17, 15) is 0 Å². The standard InChI is InChI=1S/C8H11N3/c1-3-7(2)10-8-5-4-6-9-11-8/h3-7H,1H2,2H3,(H,10,11). The summed E-state index contributed by atoms with van der Waals surface area (Å²) in [7, 11) is 0. The summed E-state index contributed by atoms with van der Waals surface area (Å²) in [4.78, 5) is 0. The number of hydrogen-bond donors (Lipinski definition) is 1. The molecule has 0 amide bonds. The van der Waals surface area contributed by atoms with Gasteiger partial charge in [0, 0.05) is 12.2 Å². The summed E-state index contributed by atoms with van der Waals surface area (Å²) in [5.74, 6) is 0.778. The van der Waals surface area contributed by atoms with Gasteiger partial charge in [-0.15, -0.1) is 11.7 Å². The Morgan fingerprint density at radius 3 is 3.09 bits per heavy atom. The maximum Gasteiger partial charge on any atom is 0.149 e. The van der Waals surface area contributed by atoms with E-state index >= 15 is 0 Å². The molecule has 1 aromatic rings. The van der Waals surface area contributed by atoms with Gasteiger partial charge in [0.25, 0.3) is 0 Å². The van der Waals surface area contributed by atoms with Crippen LogP contribution in [-0.2, 0) is 0 Å². The van der Waals surface area contributed by atoms with Gasteiger partial charge in [-0.3, -0.25) is 0 Å². The van der Waals surface area contributed by atoms with Gasteiger partial charge in [0.2, 0.25) is 0 Å². The molecule has 0 fully saturated rings. The SMILES string of the molecule is C=CC(C)Nc1cccnn1. The molecule has 1 N–H and O–H groups in total. The Labute approximate surface area is 66.2 Å². The first-order valence-electron chi connectivity index (χ1n) is 3.49. The molecule has 1 aromatic heterocycles. The molecular formula is C8H11N3. The average Bonchev–Trinajstić information content (AvgIpc) is 2.06. The second-order valence-corrected chi connectivity index (χ2v) is 2.28. The lowest BCUT2D eigenvalue weighted by Gasteiger charge is -2.07. The molecule has 58 valence electrons. The van der Waals surface area contributed by atoms with Crippen LogP contribution >= 0.6 is 0 Å². The fourth-order valence-corrected chi connectivity index (χ4v) is 0.671. The Morgan fingerprint density at radius 1 is 1.73 bits per heavy atom. The Balaban J connectivity index is 2.57. The summed E-state index contributed by atoms with van der Waals surface area (Å²) in [5.41, 5.74) is 0. The normalized spacial score (nSPS) is 12.1. The van der Waals surface area contributed by atoms with Crippen LogP contribution in [-0.4, -0.2) is 16.2 Å². The largest absolute Gasteiger partial charge is 0.363 e. The van der Waals surface area contributed by atoms with Crippen molar-refractivity contribution in [2.45, 2.75) is 13.0 Å². The van der Waals surface area contributed by atoms with Crippen molar-refractivity contribution in [1.82, 2.24) is 10.2 Å². The fourth-order valence-electron chi connectivity index (χ4n) is 0.671. The van der Waals surface area contributed by atoms with Crippen LogP contribution in [0.15, 0.2) is 31.0 Å². The van der Waals surface area contributed by atoms with Crippen molar-refractivity contribution < 1.29 is 0 Å². The molecule has 0 saturated carbocycles. The summed E-state index contributed by atoms with van der Waals surface area (Å²) in [6.45, 7) is 5.65. The maximum absolute atomic E-state index is 3.86. The van der Waals surface area contributed by atoms with Crippen molar-refractivity contribution in [2.75, 3.05) is 5.32 Å². The van der Waals surface area contributed by atoms with Crippen molar-refractivity contribution in [1.29, 1.82) is 0 Å². The van der Waals surface area contributed by atoms with Gasteiger partial charge < -0.3 is 5.32 Å². The van der Waals surface area contributed by atoms with Crippen molar-refractivity contribution in [3.05, 3.63) is 31.0 Å². The number of rotatable bonds is 3. The molecule has 1 atom stereocenters. The first-order chi connectivity index (χ1) is 5.33. The predicted octanol–water partition coefficient (Wildman–Crippen LogP) is 1.46. The first kappa shape index (κ1) is 7.72. The number of nitrogens with one attached hydrogen (secondary N) is 1. The zero-order chi connectivity index (χ0) is 8.10. The van der Waals surface area contributed by atoms with Crippen LogP contribution < -0.4 is 5.32 Å². The van der Waals surface area contributed by atoms with E-state index in [-0.39, 0.29) is 6.04 Å². The van der Waals surface area contributed by atoms with E-state index in [1.54, 1.807) is 6.20 Å². The lowest BCUT2D eigenvalue weighted by molar-refractivity contribution is 0.945. The zero-order valence-electron chi connectivity index (χ0n) is 6.49. The van der Waals surface area contributed by atoms with Gasteiger partial charge in [-0.25, -0.2) is 0 Å². The number of aromatic nitrogens is 2. The second kappa shape index (κ2) is 3.71. The van der Waals surface area contributed by atoms with Gasteiger partial charge in [0.15, 0.2) is 0 Å². The lowest BCUT2D eigenvalue weighted by atomic mass is 10.3. The van der Waals surface area contributed by atoms with Gasteiger partial charge in [-0.05, 0) is 19.1 Å². The highest BCUT2D eigenvalue weighted by Crippen LogP contribution is 2.00. The first-order valence-corrected chi connectivity index (χ1v) is 3.49. The van der Waals surface area contributed by atoms with E-state index in [1.165, 1.54) is 0 Å². The number of anilines is 1. The lowest BCUT2D eigenvalue weighted by Crippen LogP contribution is -2.12. The molecule has 11 heavy (non-hydrogen) atoms. The highest BCUT2D eigenvalue weighted by molar-refractivity contribution is 5.33. The Morgan fingerprint density at radius 2 is 2.55 bits per heavy atom. The van der Waals surface area contributed by atoms with Crippen LogP contribution in [0.4, 0.5) is 5.82 Å². The van der Waals surface area contributed by atoms with Crippen LogP contribution in [0.2, 0.25) is 0 Å². The molecule has 0 radical (unpaired) electrons. The number of hydrogen-bond acceptors (Lipinski definition) is 3. The molecule has 0 spiro atoms. The molecule has 0 aromatic carbocycles. The highest BCUT2D eigenvalue weighted by atomic mass is 15.2. The molecule has 0 bridgehead atoms. The monoisotopic (exact) mass is 149 g/mol. The predicted molar refractivity (Wildman–Crippen MR) is 45.3 cm³/mol. The minimum absolute atomic E-state index is 0.228. The second-order valence-electron chi connectivity index (χ2n) is 2.28. The summed E-state index contributed by atoms with van der Waals surface area (Å²) in [6.07, 6.45) is 3.46. The molecule has 0 aliphatic rings. The fraction of sp³-hybridized carbons (Fsp3) is 0.250. The van der Waals surface area contributed by atoms with Crippen molar-refractivity contribution >= 4 is 5.82 Å². The quantitative estimate of drug-likeness (QED) is 0.661. The maximum atomic E-state index is 3.86. The van der Waals surface area contributed by atoms with Gasteiger partial charge in [0.1, 0.15) is 5.82 Å². The third-order valence-corrected chi connectivity index (χ3v) is 1.30. The van der Waals surface area contributed by atoms with E-state index in [0.29, 0.717) is 0 Å². The topological polar surface area (TPSA) is 37.8 Å². The van der Waals surface area contributed by atoms with Gasteiger partial charge in [0.05, 0.1) is 0 Å². The van der Waals surface area contributed by atoms with Crippen LogP contribution in [0, 0.1) is 0 Å². The molecule has 3 heteroatoms. The highest BCUT2D eigenvalue weighted by Gasteiger charge is 1.95.